The van der Waals surface area contributed by atoms with Crippen LogP contribution in [0.2, 0.25) is 0 Å². The lowest BCUT2D eigenvalue weighted by Gasteiger charge is -2.16. The summed E-state index contributed by atoms with van der Waals surface area (Å²) in [7, 11) is 0. The molecule has 2 aliphatic heterocycles. The first-order chi connectivity index (χ1) is 8.74. The fraction of sp³-hybridized carbons (Fsp3) is 0.833. The van der Waals surface area contributed by atoms with Gasteiger partial charge in [0.1, 0.15) is 0 Å². The Bertz CT molecular complexity index is 353. The molecule has 0 aromatic carbocycles. The van der Waals surface area contributed by atoms with Crippen molar-refractivity contribution in [3.05, 3.63) is 0 Å². The maximum atomic E-state index is 11.8. The molecule has 6 heteroatoms. The van der Waals surface area contributed by atoms with Crippen LogP contribution in [0.3, 0.4) is 0 Å². The third-order valence-electron chi connectivity index (χ3n) is 3.82. The van der Waals surface area contributed by atoms with Gasteiger partial charge in [-0.3, -0.25) is 14.9 Å². The molecule has 0 bridgehead atoms. The quantitative estimate of drug-likeness (QED) is 0.740. The van der Waals surface area contributed by atoms with Gasteiger partial charge in [-0.05, 0) is 12.8 Å². The van der Waals surface area contributed by atoms with E-state index in [2.05, 4.69) is 10.6 Å². The van der Waals surface area contributed by atoms with Gasteiger partial charge < -0.3 is 10.2 Å². The van der Waals surface area contributed by atoms with Crippen molar-refractivity contribution in [2.75, 3.05) is 24.7 Å². The zero-order valence-electron chi connectivity index (χ0n) is 10.4. The van der Waals surface area contributed by atoms with Crippen LogP contribution >= 0.6 is 11.8 Å². The number of nitrogens with one attached hydrogen (secondary N) is 2. The summed E-state index contributed by atoms with van der Waals surface area (Å²) in [5, 5.41) is 6.12. The minimum absolute atomic E-state index is 0.0494. The van der Waals surface area contributed by atoms with Crippen LogP contribution in [-0.4, -0.2) is 53.5 Å². The molecule has 2 saturated heterocycles. The van der Waals surface area contributed by atoms with Gasteiger partial charge in [0.2, 0.25) is 11.8 Å². The molecule has 2 amide bonds. The van der Waals surface area contributed by atoms with Gasteiger partial charge in [-0.2, -0.15) is 0 Å². The van der Waals surface area contributed by atoms with E-state index in [4.69, 9.17) is 0 Å². The molecule has 5 nitrogen and oxygen atoms in total. The Morgan fingerprint density at radius 1 is 1.50 bits per heavy atom. The summed E-state index contributed by atoms with van der Waals surface area (Å²) >= 11 is 1.75. The second-order valence-electron chi connectivity index (χ2n) is 5.36. The summed E-state index contributed by atoms with van der Waals surface area (Å²) in [4.78, 5) is 25.6. The van der Waals surface area contributed by atoms with Crippen LogP contribution in [0.15, 0.2) is 0 Å². The molecule has 100 valence electrons. The maximum absolute atomic E-state index is 11.8. The van der Waals surface area contributed by atoms with Gasteiger partial charge in [0.05, 0.1) is 6.04 Å². The van der Waals surface area contributed by atoms with Gasteiger partial charge >= 0.3 is 0 Å². The average Bonchev–Trinajstić information content (AvgIpc) is 2.91. The van der Waals surface area contributed by atoms with E-state index in [1.54, 1.807) is 11.8 Å². The average molecular weight is 269 g/mol. The Labute approximate surface area is 111 Å². The number of hydrogen-bond donors (Lipinski definition) is 2. The Balaban J connectivity index is 1.43. The second kappa shape index (κ2) is 5.09. The summed E-state index contributed by atoms with van der Waals surface area (Å²) in [6.45, 7) is 1.47. The minimum atomic E-state index is -0.0494. The molecule has 1 aliphatic carbocycles. The van der Waals surface area contributed by atoms with Crippen LogP contribution in [0.5, 0.6) is 0 Å². The maximum Gasteiger partial charge on any atom is 0.238 e. The highest BCUT2D eigenvalue weighted by Gasteiger charge is 2.39. The molecule has 2 atom stereocenters. The monoisotopic (exact) mass is 269 g/mol. The van der Waals surface area contributed by atoms with Gasteiger partial charge in [0.25, 0.3) is 0 Å². The lowest BCUT2D eigenvalue weighted by Crippen LogP contribution is -2.43. The number of carbonyl (C=O) groups is 2. The number of amides is 2. The molecule has 0 radical (unpaired) electrons. The fourth-order valence-electron chi connectivity index (χ4n) is 2.62. The van der Waals surface area contributed by atoms with E-state index in [9.17, 15) is 9.59 Å². The molecular formula is C12H19N3O2S. The fourth-order valence-corrected chi connectivity index (χ4v) is 3.56. The molecule has 3 fully saturated rings. The molecule has 0 spiro atoms. The zero-order valence-corrected chi connectivity index (χ0v) is 11.2. The van der Waals surface area contributed by atoms with Crippen LogP contribution in [0, 0.1) is 5.92 Å². The smallest absolute Gasteiger partial charge is 0.238 e. The zero-order chi connectivity index (χ0) is 12.5. The summed E-state index contributed by atoms with van der Waals surface area (Å²) < 4.78 is 0. The lowest BCUT2D eigenvalue weighted by atomic mass is 10.1. The van der Waals surface area contributed by atoms with E-state index in [1.807, 2.05) is 4.90 Å². The van der Waals surface area contributed by atoms with E-state index in [0.717, 1.165) is 31.0 Å². The van der Waals surface area contributed by atoms with Crippen molar-refractivity contribution in [2.45, 2.75) is 31.3 Å². The van der Waals surface area contributed by atoms with Crippen molar-refractivity contribution in [3.63, 3.8) is 0 Å². The topological polar surface area (TPSA) is 61.4 Å². The third-order valence-corrected chi connectivity index (χ3v) is 4.76. The van der Waals surface area contributed by atoms with Crippen LogP contribution < -0.4 is 10.6 Å². The molecule has 0 aromatic heterocycles. The molecule has 1 saturated carbocycles. The van der Waals surface area contributed by atoms with Crippen LogP contribution in [0.1, 0.15) is 19.3 Å². The van der Waals surface area contributed by atoms with E-state index in [0.29, 0.717) is 24.9 Å². The Morgan fingerprint density at radius 2 is 2.33 bits per heavy atom. The number of hydrogen-bond acceptors (Lipinski definition) is 4. The molecule has 3 rings (SSSR count). The van der Waals surface area contributed by atoms with Gasteiger partial charge in [-0.15, -0.1) is 11.8 Å². The van der Waals surface area contributed by atoms with Crippen molar-refractivity contribution in [1.29, 1.82) is 0 Å². The Kier molecular flexibility index (Phi) is 3.48. The molecule has 2 unspecified atom stereocenters. The van der Waals surface area contributed by atoms with Crippen LogP contribution in [0.25, 0.3) is 0 Å². The lowest BCUT2D eigenvalue weighted by molar-refractivity contribution is -0.128. The van der Waals surface area contributed by atoms with Gasteiger partial charge in [0.15, 0.2) is 0 Å². The van der Waals surface area contributed by atoms with E-state index in [-0.39, 0.29) is 17.9 Å². The SMILES string of the molecule is O=C(NCC1CC(=O)N(C2CC2)C1)C1CSCN1. The van der Waals surface area contributed by atoms with Crippen LogP contribution in [-0.2, 0) is 9.59 Å². The summed E-state index contributed by atoms with van der Waals surface area (Å²) in [6.07, 6.45) is 2.92. The molecule has 2 N–H and O–H groups in total. The molecule has 3 aliphatic rings. The number of carbonyl (C=O) groups excluding carboxylic acids is 2. The molecule has 2 heterocycles. The van der Waals surface area contributed by atoms with E-state index < -0.39 is 0 Å². The van der Waals surface area contributed by atoms with Gasteiger partial charge in [-0.1, -0.05) is 0 Å². The summed E-state index contributed by atoms with van der Waals surface area (Å²) in [5.41, 5.74) is 0. The highest BCUT2D eigenvalue weighted by atomic mass is 32.2. The van der Waals surface area contributed by atoms with E-state index in [1.165, 1.54) is 0 Å². The first kappa shape index (κ1) is 12.3. The first-order valence-corrected chi connectivity index (χ1v) is 7.78. The van der Waals surface area contributed by atoms with Crippen molar-refractivity contribution in [3.8, 4) is 0 Å². The predicted molar refractivity (Wildman–Crippen MR) is 70.1 cm³/mol. The van der Waals surface area contributed by atoms with Gasteiger partial charge in [0, 0.05) is 43.1 Å². The van der Waals surface area contributed by atoms with Crippen molar-refractivity contribution in [2.24, 2.45) is 5.92 Å². The molecule has 18 heavy (non-hydrogen) atoms. The number of rotatable bonds is 4. The van der Waals surface area contributed by atoms with Crippen LogP contribution in [0.4, 0.5) is 0 Å². The van der Waals surface area contributed by atoms with E-state index >= 15 is 0 Å². The summed E-state index contributed by atoms with van der Waals surface area (Å²) in [6, 6.07) is 0.456. The largest absolute Gasteiger partial charge is 0.354 e. The second-order valence-corrected chi connectivity index (χ2v) is 6.39. The Morgan fingerprint density at radius 3 is 3.00 bits per heavy atom. The Hall–Kier alpha value is -0.750. The van der Waals surface area contributed by atoms with Crippen molar-refractivity contribution >= 4 is 23.6 Å². The highest BCUT2D eigenvalue weighted by Crippen LogP contribution is 2.32. The third kappa shape index (κ3) is 2.64. The number of thioether (sulfide) groups is 1. The van der Waals surface area contributed by atoms with Crippen molar-refractivity contribution in [1.82, 2.24) is 15.5 Å². The minimum Gasteiger partial charge on any atom is -0.354 e. The number of nitrogens with zero attached hydrogens (tertiary/aromatic N) is 1. The normalized spacial score (nSPS) is 32.0. The number of likely N-dealkylation sites (tertiary alicyclic amines) is 1. The van der Waals surface area contributed by atoms with Crippen molar-refractivity contribution < 1.29 is 9.59 Å². The first-order valence-electron chi connectivity index (χ1n) is 6.62. The summed E-state index contributed by atoms with van der Waals surface area (Å²) in [5.74, 6) is 2.36. The predicted octanol–water partition coefficient (Wildman–Crippen LogP) is -0.224. The van der Waals surface area contributed by atoms with Gasteiger partial charge in [-0.25, -0.2) is 0 Å². The molecular weight excluding hydrogens is 250 g/mol. The standard InChI is InChI=1S/C12H19N3O2S/c16-11-3-8(5-15(11)9-1-2-9)4-13-12(17)10-6-18-7-14-10/h8-10,14H,1-7H2,(H,13,17). The highest BCUT2D eigenvalue weighted by molar-refractivity contribution is 7.99. The molecule has 0 aromatic rings.